The van der Waals surface area contributed by atoms with Crippen molar-refractivity contribution in [1.82, 2.24) is 10.2 Å². The quantitative estimate of drug-likeness (QED) is 0.692. The average molecular weight is 214 g/mol. The molecule has 0 radical (unpaired) electrons. The number of nitrogens with zero attached hydrogens (tertiary/aromatic N) is 1. The molecule has 2 unspecified atom stereocenters. The monoisotopic (exact) mass is 214 g/mol. The molecular formula is C12H26N2O. The maximum atomic E-state index is 5.21. The van der Waals surface area contributed by atoms with Crippen molar-refractivity contribution in [3.05, 3.63) is 0 Å². The Hall–Kier alpha value is -0.120. The van der Waals surface area contributed by atoms with Gasteiger partial charge in [-0.2, -0.15) is 0 Å². The van der Waals surface area contributed by atoms with Crippen LogP contribution in [0.4, 0.5) is 0 Å². The molecule has 2 atom stereocenters. The first-order valence-electron chi connectivity index (χ1n) is 6.18. The van der Waals surface area contributed by atoms with Crippen LogP contribution in [0, 0.1) is 5.92 Å². The average Bonchev–Trinajstić information content (AvgIpc) is 2.66. The number of methoxy groups -OCH3 is 1. The third-order valence-corrected chi connectivity index (χ3v) is 3.30. The zero-order valence-corrected chi connectivity index (χ0v) is 10.5. The maximum absolute atomic E-state index is 5.21. The topological polar surface area (TPSA) is 24.5 Å². The number of rotatable bonds is 7. The van der Waals surface area contributed by atoms with E-state index in [1.165, 1.54) is 38.9 Å². The Morgan fingerprint density at radius 2 is 2.33 bits per heavy atom. The first-order valence-corrected chi connectivity index (χ1v) is 6.18. The fourth-order valence-electron chi connectivity index (χ4n) is 2.44. The highest BCUT2D eigenvalue weighted by atomic mass is 16.5. The van der Waals surface area contributed by atoms with Gasteiger partial charge in [0.05, 0.1) is 6.61 Å². The Kier molecular flexibility index (Phi) is 6.22. The molecule has 1 N–H and O–H groups in total. The summed E-state index contributed by atoms with van der Waals surface area (Å²) in [6, 6.07) is 0.663. The Morgan fingerprint density at radius 1 is 1.53 bits per heavy atom. The predicted molar refractivity (Wildman–Crippen MR) is 64.2 cm³/mol. The van der Waals surface area contributed by atoms with Gasteiger partial charge >= 0.3 is 0 Å². The summed E-state index contributed by atoms with van der Waals surface area (Å²) in [5, 5.41) is 3.40. The van der Waals surface area contributed by atoms with E-state index in [4.69, 9.17) is 4.74 Å². The highest BCUT2D eigenvalue weighted by Gasteiger charge is 2.23. The Bertz CT molecular complexity index is 164. The van der Waals surface area contributed by atoms with E-state index < -0.39 is 0 Å². The first kappa shape index (κ1) is 12.9. The minimum atomic E-state index is 0.663. The lowest BCUT2D eigenvalue weighted by molar-refractivity contribution is 0.152. The minimum absolute atomic E-state index is 0.663. The third-order valence-electron chi connectivity index (χ3n) is 3.30. The molecule has 1 saturated heterocycles. The van der Waals surface area contributed by atoms with Gasteiger partial charge in [0.2, 0.25) is 0 Å². The summed E-state index contributed by atoms with van der Waals surface area (Å²) in [6.45, 7) is 6.84. The summed E-state index contributed by atoms with van der Waals surface area (Å²) < 4.78 is 5.21. The molecule has 0 aromatic carbocycles. The van der Waals surface area contributed by atoms with Gasteiger partial charge in [0, 0.05) is 26.2 Å². The molecule has 0 amide bonds. The minimum Gasteiger partial charge on any atom is -0.384 e. The Morgan fingerprint density at radius 3 is 2.93 bits per heavy atom. The molecule has 0 aliphatic carbocycles. The molecule has 3 nitrogen and oxygen atoms in total. The highest BCUT2D eigenvalue weighted by molar-refractivity contribution is 4.79. The van der Waals surface area contributed by atoms with Crippen molar-refractivity contribution in [3.63, 3.8) is 0 Å². The second-order valence-electron chi connectivity index (χ2n) is 4.64. The summed E-state index contributed by atoms with van der Waals surface area (Å²) >= 11 is 0. The second-order valence-corrected chi connectivity index (χ2v) is 4.64. The standard InChI is InChI=1S/C12H26N2O/c1-4-5-12(13-2)9-14-7-6-11(8-14)10-15-3/h11-13H,4-10H2,1-3H3. The number of nitrogens with one attached hydrogen (secondary N) is 1. The summed E-state index contributed by atoms with van der Waals surface area (Å²) in [4.78, 5) is 2.57. The van der Waals surface area contributed by atoms with Gasteiger partial charge in [-0.3, -0.25) is 0 Å². The van der Waals surface area contributed by atoms with E-state index in [1.807, 2.05) is 0 Å². The van der Waals surface area contributed by atoms with Crippen LogP contribution >= 0.6 is 0 Å². The SMILES string of the molecule is CCCC(CN1CCC(COC)C1)NC. The lowest BCUT2D eigenvalue weighted by atomic mass is 10.1. The smallest absolute Gasteiger partial charge is 0.0503 e. The summed E-state index contributed by atoms with van der Waals surface area (Å²) in [7, 11) is 3.87. The van der Waals surface area contributed by atoms with Gasteiger partial charge in [0.25, 0.3) is 0 Å². The van der Waals surface area contributed by atoms with Crippen molar-refractivity contribution < 1.29 is 4.74 Å². The molecule has 1 aliphatic rings. The molecule has 3 heteroatoms. The van der Waals surface area contributed by atoms with Crippen LogP contribution in [-0.4, -0.2) is 51.3 Å². The van der Waals surface area contributed by atoms with E-state index in [0.717, 1.165) is 12.5 Å². The molecule has 1 rings (SSSR count). The number of hydrogen-bond acceptors (Lipinski definition) is 3. The molecule has 90 valence electrons. The van der Waals surface area contributed by atoms with E-state index in [9.17, 15) is 0 Å². The maximum Gasteiger partial charge on any atom is 0.0503 e. The van der Waals surface area contributed by atoms with Crippen LogP contribution in [0.5, 0.6) is 0 Å². The molecule has 0 saturated carbocycles. The summed E-state index contributed by atoms with van der Waals surface area (Å²) in [5.74, 6) is 0.758. The molecule has 0 bridgehead atoms. The number of ether oxygens (including phenoxy) is 1. The second kappa shape index (κ2) is 7.20. The molecule has 15 heavy (non-hydrogen) atoms. The molecule has 1 aliphatic heterocycles. The summed E-state index contributed by atoms with van der Waals surface area (Å²) in [5.41, 5.74) is 0. The number of likely N-dealkylation sites (tertiary alicyclic amines) is 1. The fraction of sp³-hybridized carbons (Fsp3) is 1.00. The van der Waals surface area contributed by atoms with E-state index >= 15 is 0 Å². The van der Waals surface area contributed by atoms with E-state index in [1.54, 1.807) is 7.11 Å². The van der Waals surface area contributed by atoms with Crippen molar-refractivity contribution in [3.8, 4) is 0 Å². The third kappa shape index (κ3) is 4.49. The van der Waals surface area contributed by atoms with Gasteiger partial charge in [0.1, 0.15) is 0 Å². The van der Waals surface area contributed by atoms with Gasteiger partial charge in [-0.25, -0.2) is 0 Å². The highest BCUT2D eigenvalue weighted by Crippen LogP contribution is 2.16. The Labute approximate surface area is 94.2 Å². The van der Waals surface area contributed by atoms with Crippen LogP contribution in [-0.2, 0) is 4.74 Å². The lowest BCUT2D eigenvalue weighted by Gasteiger charge is -2.23. The molecule has 0 aromatic heterocycles. The lowest BCUT2D eigenvalue weighted by Crippen LogP contribution is -2.38. The number of hydrogen-bond donors (Lipinski definition) is 1. The number of likely N-dealkylation sites (N-methyl/N-ethyl adjacent to an activating group) is 1. The zero-order chi connectivity index (χ0) is 11.1. The van der Waals surface area contributed by atoms with Crippen LogP contribution in [0.15, 0.2) is 0 Å². The molecule has 1 heterocycles. The van der Waals surface area contributed by atoms with Crippen molar-refractivity contribution in [2.24, 2.45) is 5.92 Å². The molecule has 0 spiro atoms. The zero-order valence-electron chi connectivity index (χ0n) is 10.5. The molecular weight excluding hydrogens is 188 g/mol. The van der Waals surface area contributed by atoms with E-state index in [2.05, 4.69) is 24.2 Å². The summed E-state index contributed by atoms with van der Waals surface area (Å²) in [6.07, 6.45) is 3.85. The van der Waals surface area contributed by atoms with Crippen molar-refractivity contribution >= 4 is 0 Å². The van der Waals surface area contributed by atoms with Gasteiger partial charge in [-0.1, -0.05) is 13.3 Å². The van der Waals surface area contributed by atoms with Crippen LogP contribution in [0.1, 0.15) is 26.2 Å². The van der Waals surface area contributed by atoms with Crippen LogP contribution in [0.2, 0.25) is 0 Å². The largest absolute Gasteiger partial charge is 0.384 e. The van der Waals surface area contributed by atoms with Gasteiger partial charge in [0.15, 0.2) is 0 Å². The predicted octanol–water partition coefficient (Wildman–Crippen LogP) is 1.34. The van der Waals surface area contributed by atoms with Gasteiger partial charge < -0.3 is 15.0 Å². The van der Waals surface area contributed by atoms with Crippen LogP contribution in [0.25, 0.3) is 0 Å². The van der Waals surface area contributed by atoms with Gasteiger partial charge in [-0.05, 0) is 32.4 Å². The Balaban J connectivity index is 2.21. The van der Waals surface area contributed by atoms with Crippen LogP contribution < -0.4 is 5.32 Å². The van der Waals surface area contributed by atoms with Gasteiger partial charge in [-0.15, -0.1) is 0 Å². The molecule has 1 fully saturated rings. The van der Waals surface area contributed by atoms with Crippen molar-refractivity contribution in [2.45, 2.75) is 32.2 Å². The van der Waals surface area contributed by atoms with Crippen molar-refractivity contribution in [1.29, 1.82) is 0 Å². The molecule has 0 aromatic rings. The van der Waals surface area contributed by atoms with E-state index in [-0.39, 0.29) is 0 Å². The normalized spacial score (nSPS) is 24.6. The first-order chi connectivity index (χ1) is 7.30. The van der Waals surface area contributed by atoms with Crippen molar-refractivity contribution in [2.75, 3.05) is 40.4 Å². The fourth-order valence-corrected chi connectivity index (χ4v) is 2.44. The van der Waals surface area contributed by atoms with E-state index in [0.29, 0.717) is 6.04 Å². The van der Waals surface area contributed by atoms with Crippen LogP contribution in [0.3, 0.4) is 0 Å².